The van der Waals surface area contributed by atoms with Gasteiger partial charge in [-0.3, -0.25) is 14.3 Å². The summed E-state index contributed by atoms with van der Waals surface area (Å²) < 4.78 is 1.93. The van der Waals surface area contributed by atoms with Gasteiger partial charge in [0.1, 0.15) is 0 Å². The lowest BCUT2D eigenvalue weighted by Gasteiger charge is -2.14. The van der Waals surface area contributed by atoms with Gasteiger partial charge >= 0.3 is 0 Å². The normalized spacial score (nSPS) is 10.8. The van der Waals surface area contributed by atoms with Crippen LogP contribution in [0.25, 0.3) is 17.1 Å². The molecule has 6 nitrogen and oxygen atoms in total. The van der Waals surface area contributed by atoms with E-state index in [2.05, 4.69) is 20.5 Å². The molecule has 0 saturated carbocycles. The Bertz CT molecular complexity index is 1250. The Kier molecular flexibility index (Phi) is 7.14. The first-order valence-corrected chi connectivity index (χ1v) is 12.3. The molecule has 32 heavy (non-hydrogen) atoms. The van der Waals surface area contributed by atoms with Crippen LogP contribution >= 0.6 is 35.1 Å². The summed E-state index contributed by atoms with van der Waals surface area (Å²) >= 11 is 9.31. The molecular weight excluding hydrogens is 462 g/mol. The van der Waals surface area contributed by atoms with Crippen LogP contribution in [0.4, 0.5) is 5.69 Å². The molecule has 0 atom stereocenters. The molecule has 0 aliphatic heterocycles. The second-order valence-corrected chi connectivity index (χ2v) is 9.00. The number of nitrogens with one attached hydrogen (secondary N) is 1. The molecule has 2 aromatic heterocycles. The van der Waals surface area contributed by atoms with Crippen molar-refractivity contribution in [1.82, 2.24) is 19.7 Å². The van der Waals surface area contributed by atoms with Crippen molar-refractivity contribution in [2.75, 3.05) is 17.3 Å². The monoisotopic (exact) mass is 481 g/mol. The fraction of sp³-hybridized carbons (Fsp3) is 0.130. The average Bonchev–Trinajstić information content (AvgIpc) is 3.24. The molecule has 1 amide bonds. The number of anilines is 1. The fourth-order valence-electron chi connectivity index (χ4n) is 3.17. The van der Waals surface area contributed by atoms with Crippen molar-refractivity contribution in [3.8, 4) is 17.1 Å². The van der Waals surface area contributed by atoms with E-state index in [9.17, 15) is 4.79 Å². The van der Waals surface area contributed by atoms with Gasteiger partial charge in [-0.1, -0.05) is 41.6 Å². The Morgan fingerprint density at radius 2 is 1.84 bits per heavy atom. The van der Waals surface area contributed by atoms with Crippen molar-refractivity contribution in [2.24, 2.45) is 0 Å². The highest BCUT2D eigenvalue weighted by molar-refractivity contribution is 7.99. The minimum Gasteiger partial charge on any atom is -0.324 e. The molecule has 162 valence electrons. The zero-order valence-corrected chi connectivity index (χ0v) is 19.8. The van der Waals surface area contributed by atoms with Crippen molar-refractivity contribution < 1.29 is 4.79 Å². The minimum absolute atomic E-state index is 0.112. The molecule has 4 rings (SSSR count). The average molecular weight is 482 g/mol. The van der Waals surface area contributed by atoms with E-state index in [0.29, 0.717) is 16.0 Å². The quantitative estimate of drug-likeness (QED) is 0.339. The third kappa shape index (κ3) is 4.82. The highest BCUT2D eigenvalue weighted by Gasteiger charge is 2.19. The largest absolute Gasteiger partial charge is 0.324 e. The third-order valence-corrected chi connectivity index (χ3v) is 6.90. The first-order chi connectivity index (χ1) is 15.6. The predicted molar refractivity (Wildman–Crippen MR) is 132 cm³/mol. The van der Waals surface area contributed by atoms with Crippen LogP contribution in [0.2, 0.25) is 5.02 Å². The zero-order chi connectivity index (χ0) is 22.5. The van der Waals surface area contributed by atoms with E-state index in [4.69, 9.17) is 11.6 Å². The maximum Gasteiger partial charge on any atom is 0.234 e. The number of thioether (sulfide) groups is 2. The number of halogens is 1. The summed E-state index contributed by atoms with van der Waals surface area (Å²) in [4.78, 5) is 17.8. The Balaban J connectivity index is 1.64. The standard InChI is InChI=1S/C23H20ClN5OS2/c1-15-17(24)6-5-8-19(15)29-22(16-10-12-25-13-11-16)27-28-23(29)32-14-21(30)26-18-7-3-4-9-20(18)31-2/h3-13H,14H2,1-2H3,(H,26,30). The Hall–Kier alpha value is -2.81. The van der Waals surface area contributed by atoms with E-state index >= 15 is 0 Å². The van der Waals surface area contributed by atoms with Gasteiger partial charge in [0.05, 0.1) is 17.1 Å². The number of benzene rings is 2. The van der Waals surface area contributed by atoms with Crippen molar-refractivity contribution in [3.63, 3.8) is 0 Å². The molecular formula is C23H20ClN5OS2. The topological polar surface area (TPSA) is 72.7 Å². The van der Waals surface area contributed by atoms with Crippen LogP contribution in [0.1, 0.15) is 5.56 Å². The smallest absolute Gasteiger partial charge is 0.234 e. The second kappa shape index (κ2) is 10.2. The summed E-state index contributed by atoms with van der Waals surface area (Å²) in [6.07, 6.45) is 5.40. The Morgan fingerprint density at radius 3 is 2.62 bits per heavy atom. The first-order valence-electron chi connectivity index (χ1n) is 9.75. The Labute approximate surface area is 199 Å². The van der Waals surface area contributed by atoms with Crippen molar-refractivity contribution in [2.45, 2.75) is 17.0 Å². The van der Waals surface area contributed by atoms with Gasteiger partial charge in [-0.2, -0.15) is 0 Å². The van der Waals surface area contributed by atoms with Crippen LogP contribution in [0.5, 0.6) is 0 Å². The maximum atomic E-state index is 12.7. The van der Waals surface area contributed by atoms with E-state index in [1.807, 2.05) is 72.3 Å². The van der Waals surface area contributed by atoms with E-state index in [0.717, 1.165) is 27.4 Å². The molecule has 0 fully saturated rings. The molecule has 4 aromatic rings. The van der Waals surface area contributed by atoms with Crippen LogP contribution in [-0.2, 0) is 4.79 Å². The molecule has 0 saturated heterocycles. The summed E-state index contributed by atoms with van der Waals surface area (Å²) in [6, 6.07) is 17.2. The van der Waals surface area contributed by atoms with Gasteiger partial charge in [-0.15, -0.1) is 22.0 Å². The van der Waals surface area contributed by atoms with Crippen molar-refractivity contribution in [1.29, 1.82) is 0 Å². The van der Waals surface area contributed by atoms with Crippen LogP contribution < -0.4 is 5.32 Å². The molecule has 0 aliphatic rings. The summed E-state index contributed by atoms with van der Waals surface area (Å²) in [5, 5.41) is 13.0. The number of aromatic nitrogens is 4. The first kappa shape index (κ1) is 22.4. The number of hydrogen-bond acceptors (Lipinski definition) is 6. The second-order valence-electron chi connectivity index (χ2n) is 6.80. The fourth-order valence-corrected chi connectivity index (χ4v) is 4.64. The lowest BCUT2D eigenvalue weighted by atomic mass is 10.2. The molecule has 1 N–H and O–H groups in total. The van der Waals surface area contributed by atoms with Gasteiger partial charge in [0, 0.05) is 27.9 Å². The highest BCUT2D eigenvalue weighted by Crippen LogP contribution is 2.32. The molecule has 0 radical (unpaired) electrons. The van der Waals surface area contributed by atoms with E-state index in [1.165, 1.54) is 11.8 Å². The van der Waals surface area contributed by atoms with Crippen LogP contribution in [0, 0.1) is 6.92 Å². The summed E-state index contributed by atoms with van der Waals surface area (Å²) in [5.74, 6) is 0.740. The number of rotatable bonds is 7. The van der Waals surface area contributed by atoms with Crippen molar-refractivity contribution >= 4 is 46.7 Å². The van der Waals surface area contributed by atoms with Crippen LogP contribution in [0.15, 0.2) is 77.0 Å². The maximum absolute atomic E-state index is 12.7. The number of carbonyl (C=O) groups excluding carboxylic acids is 1. The van der Waals surface area contributed by atoms with Gasteiger partial charge in [-0.05, 0) is 55.1 Å². The summed E-state index contributed by atoms with van der Waals surface area (Å²) in [5.41, 5.74) is 3.45. The predicted octanol–water partition coefficient (Wildman–Crippen LogP) is 5.74. The molecule has 2 heterocycles. The van der Waals surface area contributed by atoms with Gasteiger partial charge in [0.25, 0.3) is 0 Å². The molecule has 0 unspecified atom stereocenters. The number of nitrogens with zero attached hydrogens (tertiary/aromatic N) is 4. The molecule has 0 aliphatic carbocycles. The van der Waals surface area contributed by atoms with Gasteiger partial charge in [-0.25, -0.2) is 0 Å². The van der Waals surface area contributed by atoms with E-state index < -0.39 is 0 Å². The third-order valence-electron chi connectivity index (χ3n) is 4.77. The van der Waals surface area contributed by atoms with Crippen molar-refractivity contribution in [3.05, 3.63) is 77.6 Å². The number of carbonyl (C=O) groups is 1. The lowest BCUT2D eigenvalue weighted by Crippen LogP contribution is -2.15. The molecule has 0 bridgehead atoms. The SMILES string of the molecule is CSc1ccccc1NC(=O)CSc1nnc(-c2ccncc2)n1-c1cccc(Cl)c1C. The van der Waals surface area contributed by atoms with Crippen LogP contribution in [0.3, 0.4) is 0 Å². The Morgan fingerprint density at radius 1 is 1.06 bits per heavy atom. The number of para-hydroxylation sites is 1. The number of hydrogen-bond donors (Lipinski definition) is 1. The van der Waals surface area contributed by atoms with Gasteiger partial charge < -0.3 is 5.32 Å². The van der Waals surface area contributed by atoms with Crippen LogP contribution in [-0.4, -0.2) is 37.7 Å². The highest BCUT2D eigenvalue weighted by atomic mass is 35.5. The molecule has 0 spiro atoms. The number of pyridine rings is 1. The zero-order valence-electron chi connectivity index (χ0n) is 17.4. The minimum atomic E-state index is -0.112. The van der Waals surface area contributed by atoms with Gasteiger partial charge in [0.2, 0.25) is 5.91 Å². The molecule has 2 aromatic carbocycles. The summed E-state index contributed by atoms with van der Waals surface area (Å²) in [7, 11) is 0. The van der Waals surface area contributed by atoms with Gasteiger partial charge in [0.15, 0.2) is 11.0 Å². The van der Waals surface area contributed by atoms with E-state index in [1.54, 1.807) is 24.2 Å². The van der Waals surface area contributed by atoms with E-state index in [-0.39, 0.29) is 11.7 Å². The lowest BCUT2D eigenvalue weighted by molar-refractivity contribution is -0.113. The summed E-state index contributed by atoms with van der Waals surface area (Å²) in [6.45, 7) is 1.95. The molecule has 9 heteroatoms. The number of amides is 1.